The molecule has 0 aliphatic carbocycles. The molecule has 10 heteroatoms. The van der Waals surface area contributed by atoms with Gasteiger partial charge in [0.25, 0.3) is 5.92 Å². The lowest BCUT2D eigenvalue weighted by molar-refractivity contribution is -0.138. The number of halogens is 7. The van der Waals surface area contributed by atoms with Gasteiger partial charge in [-0.25, -0.2) is 8.78 Å². The number of rotatable bonds is 3. The molecule has 1 amide bonds. The van der Waals surface area contributed by atoms with E-state index < -0.39 is 42.6 Å². The Kier molecular flexibility index (Phi) is 6.39. The third kappa shape index (κ3) is 5.29. The van der Waals surface area contributed by atoms with E-state index in [9.17, 15) is 26.7 Å². The molecule has 2 rings (SSSR count). The number of hydrogen-bond donors (Lipinski definition) is 2. The summed E-state index contributed by atoms with van der Waals surface area (Å²) in [5, 5.41) is 4.61. The molecule has 1 atom stereocenters. The van der Waals surface area contributed by atoms with Gasteiger partial charge < -0.3 is 5.32 Å². The lowest BCUT2D eigenvalue weighted by atomic mass is 10.1. The monoisotopic (exact) mass is 422 g/mol. The molecule has 1 aromatic carbocycles. The molecule has 1 aliphatic rings. The van der Waals surface area contributed by atoms with Crippen LogP contribution in [0.25, 0.3) is 0 Å². The highest BCUT2D eigenvalue weighted by Gasteiger charge is 2.42. The SMILES string of the molecule is Cl.O=C(NCc1ccc(Br)cc1C(F)(F)F)C1CC(F)(F)CN1. The molecule has 1 saturated heterocycles. The van der Waals surface area contributed by atoms with Gasteiger partial charge >= 0.3 is 6.18 Å². The number of hydrogen-bond acceptors (Lipinski definition) is 2. The zero-order chi connectivity index (χ0) is 16.5. The first-order chi connectivity index (χ1) is 10.1. The molecule has 2 N–H and O–H groups in total. The van der Waals surface area contributed by atoms with Crippen LogP contribution in [0.4, 0.5) is 22.0 Å². The van der Waals surface area contributed by atoms with Crippen molar-refractivity contribution in [2.24, 2.45) is 0 Å². The zero-order valence-corrected chi connectivity index (χ0v) is 13.9. The Labute approximate surface area is 143 Å². The van der Waals surface area contributed by atoms with Crippen LogP contribution in [0.3, 0.4) is 0 Å². The Morgan fingerprint density at radius 3 is 2.57 bits per heavy atom. The van der Waals surface area contributed by atoms with E-state index >= 15 is 0 Å². The lowest BCUT2D eigenvalue weighted by Crippen LogP contribution is -2.40. The number of benzene rings is 1. The summed E-state index contributed by atoms with van der Waals surface area (Å²) in [6.45, 7) is -0.998. The average molecular weight is 424 g/mol. The quantitative estimate of drug-likeness (QED) is 0.731. The van der Waals surface area contributed by atoms with E-state index in [0.29, 0.717) is 0 Å². The summed E-state index contributed by atoms with van der Waals surface area (Å²) in [5.74, 6) is -3.72. The Balaban J connectivity index is 0.00000264. The van der Waals surface area contributed by atoms with Crippen molar-refractivity contribution in [1.29, 1.82) is 0 Å². The van der Waals surface area contributed by atoms with E-state index in [2.05, 4.69) is 26.6 Å². The summed E-state index contributed by atoms with van der Waals surface area (Å²) in [4.78, 5) is 11.7. The van der Waals surface area contributed by atoms with Gasteiger partial charge in [0.05, 0.1) is 18.2 Å². The van der Waals surface area contributed by atoms with E-state index in [0.717, 1.165) is 6.07 Å². The Bertz CT molecular complexity index is 582. The fraction of sp³-hybridized carbons (Fsp3) is 0.462. The summed E-state index contributed by atoms with van der Waals surface area (Å²) in [7, 11) is 0. The topological polar surface area (TPSA) is 41.1 Å². The maximum atomic E-state index is 13.0. The average Bonchev–Trinajstić information content (AvgIpc) is 2.76. The Morgan fingerprint density at radius 1 is 1.39 bits per heavy atom. The van der Waals surface area contributed by atoms with Crippen LogP contribution in [0.2, 0.25) is 0 Å². The molecule has 1 aliphatic heterocycles. The molecule has 0 aromatic heterocycles. The van der Waals surface area contributed by atoms with Gasteiger partial charge in [0, 0.05) is 17.4 Å². The summed E-state index contributed by atoms with van der Waals surface area (Å²) >= 11 is 2.95. The molecule has 3 nitrogen and oxygen atoms in total. The first-order valence-electron chi connectivity index (χ1n) is 6.33. The van der Waals surface area contributed by atoms with Crippen molar-refractivity contribution in [2.45, 2.75) is 31.1 Å². The second-order valence-electron chi connectivity index (χ2n) is 5.01. The predicted octanol–water partition coefficient (Wildman–Crippen LogP) is 3.50. The number of carbonyl (C=O) groups is 1. The van der Waals surface area contributed by atoms with Gasteiger partial charge in [-0.2, -0.15) is 13.2 Å². The van der Waals surface area contributed by atoms with E-state index in [-0.39, 0.29) is 29.0 Å². The normalized spacial score (nSPS) is 20.0. The van der Waals surface area contributed by atoms with Crippen LogP contribution in [0.5, 0.6) is 0 Å². The van der Waals surface area contributed by atoms with Crippen molar-refractivity contribution in [3.05, 3.63) is 33.8 Å². The molecule has 23 heavy (non-hydrogen) atoms. The van der Waals surface area contributed by atoms with Crippen molar-refractivity contribution < 1.29 is 26.7 Å². The van der Waals surface area contributed by atoms with Crippen molar-refractivity contribution in [1.82, 2.24) is 10.6 Å². The van der Waals surface area contributed by atoms with Gasteiger partial charge in [-0.15, -0.1) is 12.4 Å². The van der Waals surface area contributed by atoms with Gasteiger partial charge in [0.2, 0.25) is 5.91 Å². The molecule has 1 unspecified atom stereocenters. The van der Waals surface area contributed by atoms with Crippen molar-refractivity contribution in [3.8, 4) is 0 Å². The third-order valence-electron chi connectivity index (χ3n) is 3.26. The molecule has 1 fully saturated rings. The number of amides is 1. The molecule has 130 valence electrons. The number of alkyl halides is 5. The smallest absolute Gasteiger partial charge is 0.351 e. The number of carbonyl (C=O) groups excluding carboxylic acids is 1. The maximum absolute atomic E-state index is 13.0. The summed E-state index contributed by atoms with van der Waals surface area (Å²) < 4.78 is 65.0. The molecule has 1 aromatic rings. The second kappa shape index (κ2) is 7.31. The largest absolute Gasteiger partial charge is 0.416 e. The first-order valence-corrected chi connectivity index (χ1v) is 7.12. The molecule has 0 radical (unpaired) electrons. The summed E-state index contributed by atoms with van der Waals surface area (Å²) in [5.41, 5.74) is -1.01. The van der Waals surface area contributed by atoms with Crippen LogP contribution >= 0.6 is 28.3 Å². The molecular formula is C13H13BrClF5N2O. The van der Waals surface area contributed by atoms with Gasteiger partial charge in [0.15, 0.2) is 0 Å². The Hall–Kier alpha value is -0.930. The zero-order valence-electron chi connectivity index (χ0n) is 11.5. The fourth-order valence-electron chi connectivity index (χ4n) is 2.17. The van der Waals surface area contributed by atoms with Gasteiger partial charge in [-0.1, -0.05) is 22.0 Å². The van der Waals surface area contributed by atoms with Crippen LogP contribution in [0, 0.1) is 0 Å². The minimum absolute atomic E-state index is 0. The number of nitrogens with one attached hydrogen (secondary N) is 2. The second-order valence-corrected chi connectivity index (χ2v) is 5.93. The van der Waals surface area contributed by atoms with Crippen LogP contribution in [-0.2, 0) is 17.5 Å². The molecule has 0 spiro atoms. The highest BCUT2D eigenvalue weighted by atomic mass is 79.9. The van der Waals surface area contributed by atoms with Crippen molar-refractivity contribution >= 4 is 34.2 Å². The van der Waals surface area contributed by atoms with Gasteiger partial charge in [0.1, 0.15) is 0 Å². The minimum atomic E-state index is -4.57. The van der Waals surface area contributed by atoms with E-state index in [1.807, 2.05) is 0 Å². The Morgan fingerprint density at radius 2 is 2.04 bits per heavy atom. The fourth-order valence-corrected chi connectivity index (χ4v) is 2.53. The van der Waals surface area contributed by atoms with Crippen LogP contribution < -0.4 is 10.6 Å². The molecule has 0 saturated carbocycles. The highest BCUT2D eigenvalue weighted by Crippen LogP contribution is 2.34. The van der Waals surface area contributed by atoms with Crippen LogP contribution in [0.15, 0.2) is 22.7 Å². The van der Waals surface area contributed by atoms with Crippen molar-refractivity contribution in [3.63, 3.8) is 0 Å². The van der Waals surface area contributed by atoms with Gasteiger partial charge in [-0.05, 0) is 17.7 Å². The third-order valence-corrected chi connectivity index (χ3v) is 3.75. The van der Waals surface area contributed by atoms with Crippen molar-refractivity contribution in [2.75, 3.05) is 6.54 Å². The highest BCUT2D eigenvalue weighted by molar-refractivity contribution is 9.10. The van der Waals surface area contributed by atoms with Crippen LogP contribution in [-0.4, -0.2) is 24.4 Å². The lowest BCUT2D eigenvalue weighted by Gasteiger charge is -2.15. The summed E-state index contributed by atoms with van der Waals surface area (Å²) in [6.07, 6.45) is -5.23. The van der Waals surface area contributed by atoms with Crippen LogP contribution in [0.1, 0.15) is 17.5 Å². The molecule has 0 bridgehead atoms. The van der Waals surface area contributed by atoms with E-state index in [1.54, 1.807) is 0 Å². The van der Waals surface area contributed by atoms with E-state index in [1.165, 1.54) is 12.1 Å². The molecular weight excluding hydrogens is 411 g/mol. The molecule has 1 heterocycles. The van der Waals surface area contributed by atoms with Gasteiger partial charge in [-0.3, -0.25) is 10.1 Å². The predicted molar refractivity (Wildman–Crippen MR) is 79.6 cm³/mol. The maximum Gasteiger partial charge on any atom is 0.416 e. The summed E-state index contributed by atoms with van der Waals surface area (Å²) in [6, 6.07) is 2.45. The standard InChI is InChI=1S/C13H12BrF5N2O.ClH/c14-8-2-1-7(9(3-8)13(17,18)19)5-20-11(22)10-4-12(15,16)6-21-10;/h1-3,10,21H,4-6H2,(H,20,22);1H. The van der Waals surface area contributed by atoms with E-state index in [4.69, 9.17) is 0 Å². The first kappa shape index (κ1) is 20.1. The minimum Gasteiger partial charge on any atom is -0.351 e.